The Labute approximate surface area is 104 Å². The second kappa shape index (κ2) is 6.42. The Hall–Kier alpha value is -1.52. The number of aryl methyl sites for hydroxylation is 1. The molecular formula is C13H15F3O2. The molecule has 0 aliphatic carbocycles. The molecule has 2 nitrogen and oxygen atoms in total. The molecule has 1 atom stereocenters. The van der Waals surface area contributed by atoms with Gasteiger partial charge in [0.05, 0.1) is 0 Å². The van der Waals surface area contributed by atoms with E-state index in [1.165, 1.54) is 0 Å². The zero-order valence-corrected chi connectivity index (χ0v) is 10.0. The van der Waals surface area contributed by atoms with Crippen LogP contribution in [-0.2, 0) is 16.0 Å². The molecule has 0 radical (unpaired) electrons. The fraction of sp³-hybridized carbons (Fsp3) is 0.462. The van der Waals surface area contributed by atoms with Crippen LogP contribution >= 0.6 is 0 Å². The van der Waals surface area contributed by atoms with Crippen molar-refractivity contribution in [2.75, 3.05) is 0 Å². The summed E-state index contributed by atoms with van der Waals surface area (Å²) in [6, 6.07) is 9.23. The average Bonchev–Trinajstić information content (AvgIpc) is 2.27. The molecule has 0 bridgehead atoms. The number of ether oxygens (including phenoxy) is 1. The maximum Gasteiger partial charge on any atom is 0.425 e. The summed E-state index contributed by atoms with van der Waals surface area (Å²) < 4.78 is 41.9. The zero-order valence-electron chi connectivity index (χ0n) is 10.0. The SMILES string of the molecule is CC(=O)OC(CCCc1ccccc1)C(F)(F)F. The van der Waals surface area contributed by atoms with Gasteiger partial charge in [-0.1, -0.05) is 30.3 Å². The van der Waals surface area contributed by atoms with Crippen LogP contribution in [-0.4, -0.2) is 18.2 Å². The van der Waals surface area contributed by atoms with E-state index in [2.05, 4.69) is 4.74 Å². The Morgan fingerprint density at radius 1 is 1.28 bits per heavy atom. The van der Waals surface area contributed by atoms with Crippen LogP contribution in [0.25, 0.3) is 0 Å². The summed E-state index contributed by atoms with van der Waals surface area (Å²) in [7, 11) is 0. The number of carbonyl (C=O) groups is 1. The summed E-state index contributed by atoms with van der Waals surface area (Å²) in [6.07, 6.45) is -5.85. The summed E-state index contributed by atoms with van der Waals surface area (Å²) in [6.45, 7) is 0.982. The predicted molar refractivity (Wildman–Crippen MR) is 61.0 cm³/mol. The topological polar surface area (TPSA) is 26.3 Å². The van der Waals surface area contributed by atoms with Crippen molar-refractivity contribution in [2.45, 2.75) is 38.5 Å². The van der Waals surface area contributed by atoms with Crippen molar-refractivity contribution >= 4 is 5.97 Å². The standard InChI is InChI=1S/C13H15F3O2/c1-10(17)18-12(13(14,15)16)9-5-8-11-6-3-2-4-7-11/h2-4,6-7,12H,5,8-9H2,1H3. The Balaban J connectivity index is 2.45. The van der Waals surface area contributed by atoms with Crippen LogP contribution in [0.15, 0.2) is 30.3 Å². The number of halogens is 3. The molecule has 0 spiro atoms. The monoisotopic (exact) mass is 260 g/mol. The van der Waals surface area contributed by atoms with Gasteiger partial charge in [0.25, 0.3) is 0 Å². The number of hydrogen-bond donors (Lipinski definition) is 0. The van der Waals surface area contributed by atoms with Crippen molar-refractivity contribution in [3.63, 3.8) is 0 Å². The van der Waals surface area contributed by atoms with Crippen molar-refractivity contribution < 1.29 is 22.7 Å². The second-order valence-corrected chi connectivity index (χ2v) is 4.02. The quantitative estimate of drug-likeness (QED) is 0.757. The summed E-state index contributed by atoms with van der Waals surface area (Å²) in [5.74, 6) is -0.906. The molecule has 100 valence electrons. The first kappa shape index (κ1) is 14.5. The third-order valence-electron chi connectivity index (χ3n) is 2.45. The molecule has 0 aromatic heterocycles. The van der Waals surface area contributed by atoms with Crippen LogP contribution in [0.4, 0.5) is 13.2 Å². The van der Waals surface area contributed by atoms with E-state index in [4.69, 9.17) is 0 Å². The highest BCUT2D eigenvalue weighted by Crippen LogP contribution is 2.27. The van der Waals surface area contributed by atoms with E-state index in [0.717, 1.165) is 12.5 Å². The summed E-state index contributed by atoms with van der Waals surface area (Å²) in [4.78, 5) is 10.6. The van der Waals surface area contributed by atoms with Gasteiger partial charge in [0.2, 0.25) is 0 Å². The van der Waals surface area contributed by atoms with E-state index in [0.29, 0.717) is 12.8 Å². The van der Waals surface area contributed by atoms with Gasteiger partial charge in [-0.25, -0.2) is 0 Å². The third-order valence-corrected chi connectivity index (χ3v) is 2.45. The summed E-state index contributed by atoms with van der Waals surface area (Å²) in [5.41, 5.74) is 0.973. The molecule has 0 heterocycles. The lowest BCUT2D eigenvalue weighted by molar-refractivity contribution is -0.221. The number of esters is 1. The van der Waals surface area contributed by atoms with E-state index < -0.39 is 18.2 Å². The number of carbonyl (C=O) groups excluding carboxylic acids is 1. The fourth-order valence-corrected chi connectivity index (χ4v) is 1.63. The van der Waals surface area contributed by atoms with Crippen LogP contribution in [0.1, 0.15) is 25.3 Å². The van der Waals surface area contributed by atoms with Gasteiger partial charge in [0.15, 0.2) is 6.10 Å². The first-order valence-electron chi connectivity index (χ1n) is 5.67. The van der Waals surface area contributed by atoms with E-state index in [1.54, 1.807) is 0 Å². The van der Waals surface area contributed by atoms with Gasteiger partial charge >= 0.3 is 12.1 Å². The Bertz CT molecular complexity index is 374. The normalized spacial score (nSPS) is 13.1. The molecule has 0 aliphatic rings. The maximum absolute atomic E-state index is 12.5. The number of rotatable bonds is 5. The molecule has 1 aromatic rings. The first-order valence-corrected chi connectivity index (χ1v) is 5.67. The largest absolute Gasteiger partial charge is 0.453 e. The van der Waals surface area contributed by atoms with Gasteiger partial charge in [-0.05, 0) is 24.8 Å². The minimum Gasteiger partial charge on any atom is -0.453 e. The van der Waals surface area contributed by atoms with Crippen molar-refractivity contribution in [1.29, 1.82) is 0 Å². The number of hydrogen-bond acceptors (Lipinski definition) is 2. The molecule has 0 N–H and O–H groups in total. The molecular weight excluding hydrogens is 245 g/mol. The van der Waals surface area contributed by atoms with E-state index in [1.807, 2.05) is 30.3 Å². The third kappa shape index (κ3) is 5.21. The molecule has 0 saturated carbocycles. The second-order valence-electron chi connectivity index (χ2n) is 4.02. The van der Waals surface area contributed by atoms with Gasteiger partial charge < -0.3 is 4.74 Å². The van der Waals surface area contributed by atoms with Gasteiger partial charge in [0.1, 0.15) is 0 Å². The minimum atomic E-state index is -4.50. The van der Waals surface area contributed by atoms with Crippen LogP contribution < -0.4 is 0 Å². The number of benzene rings is 1. The molecule has 1 unspecified atom stereocenters. The number of alkyl halides is 3. The Morgan fingerprint density at radius 2 is 1.89 bits per heavy atom. The van der Waals surface area contributed by atoms with Crippen LogP contribution in [0.2, 0.25) is 0 Å². The first-order chi connectivity index (χ1) is 8.39. The van der Waals surface area contributed by atoms with Crippen LogP contribution in [0.3, 0.4) is 0 Å². The molecule has 18 heavy (non-hydrogen) atoms. The molecule has 1 aromatic carbocycles. The van der Waals surface area contributed by atoms with Gasteiger partial charge in [-0.2, -0.15) is 13.2 Å². The van der Waals surface area contributed by atoms with Gasteiger partial charge in [-0.15, -0.1) is 0 Å². The Kier molecular flexibility index (Phi) is 5.19. The lowest BCUT2D eigenvalue weighted by Gasteiger charge is -2.19. The fourth-order valence-electron chi connectivity index (χ4n) is 1.63. The zero-order chi connectivity index (χ0) is 13.6. The van der Waals surface area contributed by atoms with Crippen LogP contribution in [0.5, 0.6) is 0 Å². The lowest BCUT2D eigenvalue weighted by Crippen LogP contribution is -2.33. The summed E-state index contributed by atoms with van der Waals surface area (Å²) >= 11 is 0. The van der Waals surface area contributed by atoms with Crippen molar-refractivity contribution in [1.82, 2.24) is 0 Å². The van der Waals surface area contributed by atoms with Crippen molar-refractivity contribution in [3.05, 3.63) is 35.9 Å². The summed E-state index contributed by atoms with van der Waals surface area (Å²) in [5, 5.41) is 0. The highest BCUT2D eigenvalue weighted by molar-refractivity contribution is 5.66. The van der Waals surface area contributed by atoms with E-state index in [9.17, 15) is 18.0 Å². The van der Waals surface area contributed by atoms with Crippen molar-refractivity contribution in [3.8, 4) is 0 Å². The maximum atomic E-state index is 12.5. The highest BCUT2D eigenvalue weighted by Gasteiger charge is 2.41. The van der Waals surface area contributed by atoms with Gasteiger partial charge in [-0.3, -0.25) is 4.79 Å². The minimum absolute atomic E-state index is 0.210. The van der Waals surface area contributed by atoms with E-state index in [-0.39, 0.29) is 6.42 Å². The molecule has 0 amide bonds. The molecule has 0 saturated heterocycles. The molecule has 0 aliphatic heterocycles. The Morgan fingerprint density at radius 3 is 2.39 bits per heavy atom. The van der Waals surface area contributed by atoms with Crippen LogP contribution in [0, 0.1) is 0 Å². The van der Waals surface area contributed by atoms with Gasteiger partial charge in [0, 0.05) is 6.92 Å². The molecule has 5 heteroatoms. The predicted octanol–water partition coefficient (Wildman–Crippen LogP) is 3.50. The average molecular weight is 260 g/mol. The smallest absolute Gasteiger partial charge is 0.425 e. The highest BCUT2D eigenvalue weighted by atomic mass is 19.4. The molecule has 1 rings (SSSR count). The van der Waals surface area contributed by atoms with E-state index >= 15 is 0 Å². The van der Waals surface area contributed by atoms with Crippen molar-refractivity contribution in [2.24, 2.45) is 0 Å². The lowest BCUT2D eigenvalue weighted by atomic mass is 10.1. The molecule has 0 fully saturated rings.